The van der Waals surface area contributed by atoms with Gasteiger partial charge in [0.05, 0.1) is 12.8 Å². The molecule has 0 saturated carbocycles. The first-order valence-corrected chi connectivity index (χ1v) is 4.83. The lowest BCUT2D eigenvalue weighted by Gasteiger charge is -2.02. The number of aromatic nitrogens is 5. The number of hydrogen-bond donors (Lipinski definition) is 0. The van der Waals surface area contributed by atoms with Crippen LogP contribution in [-0.2, 0) is 11.3 Å². The average Bonchev–Trinajstić information content (AvgIpc) is 2.84. The second kappa shape index (κ2) is 4.25. The Balaban J connectivity index is 2.22. The van der Waals surface area contributed by atoms with E-state index in [1.807, 2.05) is 4.57 Å². The molecule has 14 heavy (non-hydrogen) atoms. The van der Waals surface area contributed by atoms with Crippen molar-refractivity contribution in [1.29, 1.82) is 0 Å². The quantitative estimate of drug-likeness (QED) is 0.734. The predicted molar refractivity (Wildman–Crippen MR) is 50.8 cm³/mol. The molecule has 0 aliphatic rings. The maximum absolute atomic E-state index is 4.98. The van der Waals surface area contributed by atoms with E-state index in [1.165, 1.54) is 11.5 Å². The molecule has 0 aromatic carbocycles. The van der Waals surface area contributed by atoms with Crippen molar-refractivity contribution < 1.29 is 4.74 Å². The van der Waals surface area contributed by atoms with Gasteiger partial charge in [0.25, 0.3) is 0 Å². The molecule has 0 amide bonds. The number of methoxy groups -OCH3 is 1. The summed E-state index contributed by atoms with van der Waals surface area (Å²) >= 11 is 1.30. The van der Waals surface area contributed by atoms with Gasteiger partial charge in [-0.15, -0.1) is 15.3 Å². The lowest BCUT2D eigenvalue weighted by atomic mass is 10.5. The van der Waals surface area contributed by atoms with Gasteiger partial charge in [-0.05, 0) is 11.5 Å². The zero-order valence-corrected chi connectivity index (χ0v) is 8.44. The van der Waals surface area contributed by atoms with E-state index in [2.05, 4.69) is 19.8 Å². The van der Waals surface area contributed by atoms with Crippen molar-refractivity contribution >= 4 is 11.5 Å². The summed E-state index contributed by atoms with van der Waals surface area (Å²) in [5, 5.41) is 11.6. The zero-order valence-electron chi connectivity index (χ0n) is 7.62. The molecule has 0 N–H and O–H groups in total. The van der Waals surface area contributed by atoms with Gasteiger partial charge >= 0.3 is 0 Å². The maximum Gasteiger partial charge on any atom is 0.177 e. The minimum Gasteiger partial charge on any atom is -0.383 e. The molecule has 2 aromatic heterocycles. The van der Waals surface area contributed by atoms with E-state index in [1.54, 1.807) is 19.6 Å². The van der Waals surface area contributed by atoms with Crippen molar-refractivity contribution in [1.82, 2.24) is 24.4 Å². The van der Waals surface area contributed by atoms with Crippen LogP contribution in [0.15, 0.2) is 12.5 Å². The number of hydrogen-bond acceptors (Lipinski definition) is 6. The van der Waals surface area contributed by atoms with Crippen LogP contribution in [0.2, 0.25) is 0 Å². The van der Waals surface area contributed by atoms with Crippen LogP contribution in [0, 0.1) is 0 Å². The molecule has 2 heterocycles. The van der Waals surface area contributed by atoms with Crippen molar-refractivity contribution in [3.8, 4) is 10.7 Å². The van der Waals surface area contributed by atoms with E-state index in [-0.39, 0.29) is 0 Å². The second-order valence-corrected chi connectivity index (χ2v) is 3.41. The van der Waals surface area contributed by atoms with E-state index >= 15 is 0 Å². The Labute approximate surface area is 84.7 Å². The summed E-state index contributed by atoms with van der Waals surface area (Å²) in [7, 11) is 1.66. The third kappa shape index (κ3) is 1.78. The van der Waals surface area contributed by atoms with Gasteiger partial charge in [-0.25, -0.2) is 0 Å². The van der Waals surface area contributed by atoms with Crippen LogP contribution in [0.4, 0.5) is 0 Å². The fourth-order valence-corrected chi connectivity index (χ4v) is 1.58. The Kier molecular flexibility index (Phi) is 2.80. The fourth-order valence-electron chi connectivity index (χ4n) is 1.06. The topological polar surface area (TPSA) is 65.7 Å². The predicted octanol–water partition coefficient (Wildman–Crippen LogP) is 0.443. The standard InChI is InChI=1S/C7H9N5OS/c1-13-3-2-12-5-9-10-7(12)6-4-8-11-14-6/h4-5H,2-3H2,1H3. The molecular weight excluding hydrogens is 202 g/mol. The first kappa shape index (κ1) is 9.22. The Morgan fingerprint density at radius 2 is 2.43 bits per heavy atom. The average molecular weight is 211 g/mol. The minimum atomic E-state index is 0.636. The molecule has 0 spiro atoms. The summed E-state index contributed by atoms with van der Waals surface area (Å²) in [5.74, 6) is 0.789. The van der Waals surface area contributed by atoms with Crippen LogP contribution in [0.1, 0.15) is 0 Å². The van der Waals surface area contributed by atoms with Crippen LogP contribution in [0.25, 0.3) is 10.7 Å². The van der Waals surface area contributed by atoms with Crippen molar-refractivity contribution in [3.63, 3.8) is 0 Å². The molecule has 0 atom stereocenters. The number of rotatable bonds is 4. The van der Waals surface area contributed by atoms with Gasteiger partial charge in [0.2, 0.25) is 0 Å². The summed E-state index contributed by atoms with van der Waals surface area (Å²) in [6.45, 7) is 1.37. The lowest BCUT2D eigenvalue weighted by Crippen LogP contribution is -2.04. The number of ether oxygens (including phenoxy) is 1. The molecule has 2 aromatic rings. The van der Waals surface area contributed by atoms with Crippen molar-refractivity contribution in [3.05, 3.63) is 12.5 Å². The summed E-state index contributed by atoms with van der Waals surface area (Å²) in [5.41, 5.74) is 0. The van der Waals surface area contributed by atoms with E-state index in [4.69, 9.17) is 4.74 Å². The molecule has 0 aliphatic carbocycles. The molecule has 0 fully saturated rings. The van der Waals surface area contributed by atoms with Crippen molar-refractivity contribution in [2.24, 2.45) is 0 Å². The van der Waals surface area contributed by atoms with E-state index < -0.39 is 0 Å². The first-order valence-electron chi connectivity index (χ1n) is 4.06. The van der Waals surface area contributed by atoms with Crippen LogP contribution in [0.5, 0.6) is 0 Å². The Hall–Kier alpha value is -1.34. The molecule has 0 unspecified atom stereocenters. The molecule has 2 rings (SSSR count). The van der Waals surface area contributed by atoms with E-state index in [0.717, 1.165) is 17.2 Å². The monoisotopic (exact) mass is 211 g/mol. The molecule has 0 aliphatic heterocycles. The molecule has 0 saturated heterocycles. The lowest BCUT2D eigenvalue weighted by molar-refractivity contribution is 0.187. The van der Waals surface area contributed by atoms with Gasteiger partial charge in [0.1, 0.15) is 11.2 Å². The van der Waals surface area contributed by atoms with E-state index in [9.17, 15) is 0 Å². The third-order valence-corrected chi connectivity index (χ3v) is 2.39. The van der Waals surface area contributed by atoms with Crippen molar-refractivity contribution in [2.75, 3.05) is 13.7 Å². The zero-order chi connectivity index (χ0) is 9.80. The van der Waals surface area contributed by atoms with Crippen LogP contribution in [0.3, 0.4) is 0 Å². The van der Waals surface area contributed by atoms with Crippen molar-refractivity contribution in [2.45, 2.75) is 6.54 Å². The molecule has 0 radical (unpaired) electrons. The van der Waals surface area contributed by atoms with Gasteiger partial charge in [-0.3, -0.25) is 0 Å². The summed E-state index contributed by atoms with van der Waals surface area (Å²) in [6, 6.07) is 0. The highest BCUT2D eigenvalue weighted by molar-refractivity contribution is 7.09. The highest BCUT2D eigenvalue weighted by Gasteiger charge is 2.08. The Bertz CT molecular complexity index is 384. The molecule has 74 valence electrons. The smallest absolute Gasteiger partial charge is 0.177 e. The van der Waals surface area contributed by atoms with Crippen LogP contribution < -0.4 is 0 Å². The maximum atomic E-state index is 4.98. The van der Waals surface area contributed by atoms with Crippen LogP contribution in [-0.4, -0.2) is 38.1 Å². The van der Waals surface area contributed by atoms with Gasteiger partial charge in [0.15, 0.2) is 5.82 Å². The minimum absolute atomic E-state index is 0.636. The molecule has 7 heteroatoms. The highest BCUT2D eigenvalue weighted by atomic mass is 32.1. The molecule has 6 nitrogen and oxygen atoms in total. The fraction of sp³-hybridized carbons (Fsp3) is 0.429. The SMILES string of the molecule is COCCn1cnnc1-c1cnns1. The Morgan fingerprint density at radius 1 is 1.50 bits per heavy atom. The van der Waals surface area contributed by atoms with Gasteiger partial charge in [-0.1, -0.05) is 4.49 Å². The highest BCUT2D eigenvalue weighted by Crippen LogP contribution is 2.18. The van der Waals surface area contributed by atoms with Gasteiger partial charge in [0, 0.05) is 13.7 Å². The van der Waals surface area contributed by atoms with Gasteiger partial charge < -0.3 is 9.30 Å². The van der Waals surface area contributed by atoms with E-state index in [0.29, 0.717) is 6.61 Å². The first-order chi connectivity index (χ1) is 6.92. The second-order valence-electron chi connectivity index (χ2n) is 2.62. The van der Waals surface area contributed by atoms with Crippen LogP contribution >= 0.6 is 11.5 Å². The molecule has 0 bridgehead atoms. The number of nitrogens with zero attached hydrogens (tertiary/aromatic N) is 5. The third-order valence-electron chi connectivity index (χ3n) is 1.73. The largest absolute Gasteiger partial charge is 0.383 e. The summed E-state index contributed by atoms with van der Waals surface area (Å²) < 4.78 is 10.7. The Morgan fingerprint density at radius 3 is 3.14 bits per heavy atom. The molecular formula is C7H9N5OS. The normalized spacial score (nSPS) is 10.6. The summed E-state index contributed by atoms with van der Waals surface area (Å²) in [6.07, 6.45) is 3.35. The summed E-state index contributed by atoms with van der Waals surface area (Å²) in [4.78, 5) is 0.915. The van der Waals surface area contributed by atoms with Gasteiger partial charge in [-0.2, -0.15) is 0 Å².